The molecule has 2 rings (SSSR count). The largest absolute Gasteiger partial charge is 0.463 e. The van der Waals surface area contributed by atoms with Gasteiger partial charge in [0.25, 0.3) is 0 Å². The summed E-state index contributed by atoms with van der Waals surface area (Å²) in [6, 6.07) is 10.2. The molecule has 0 amide bonds. The van der Waals surface area contributed by atoms with E-state index in [0.29, 0.717) is 25.0 Å². The molecule has 0 atom stereocenters. The van der Waals surface area contributed by atoms with Crippen molar-refractivity contribution in [2.75, 3.05) is 6.61 Å². The Morgan fingerprint density at radius 3 is 2.89 bits per heavy atom. The van der Waals surface area contributed by atoms with Crippen LogP contribution in [0.3, 0.4) is 0 Å². The fourth-order valence-corrected chi connectivity index (χ4v) is 2.52. The average molecular weight is 255 g/mol. The van der Waals surface area contributed by atoms with Crippen molar-refractivity contribution in [2.24, 2.45) is 0 Å². The number of nitrogens with zero attached hydrogens (tertiary/aromatic N) is 1. The highest BCUT2D eigenvalue weighted by atomic mass is 16.5. The van der Waals surface area contributed by atoms with Crippen LogP contribution in [0, 0.1) is 11.3 Å². The highest BCUT2D eigenvalue weighted by molar-refractivity contribution is 5.98. The molecule has 0 heterocycles. The van der Waals surface area contributed by atoms with Crippen LogP contribution in [-0.4, -0.2) is 12.6 Å². The maximum absolute atomic E-state index is 12.1. The van der Waals surface area contributed by atoms with Gasteiger partial charge < -0.3 is 4.74 Å². The quantitative estimate of drug-likeness (QED) is 0.613. The molecular weight excluding hydrogens is 238 g/mol. The molecule has 0 aliphatic heterocycles. The third-order valence-corrected chi connectivity index (χ3v) is 3.36. The molecule has 0 aromatic heterocycles. The van der Waals surface area contributed by atoms with Crippen molar-refractivity contribution in [3.05, 3.63) is 41.0 Å². The Kier molecular flexibility index (Phi) is 4.35. The SMILES string of the molecule is CCOC(=O)/C(CCC#N)=C1/CCc2ccccc21. The third kappa shape index (κ3) is 2.85. The van der Waals surface area contributed by atoms with E-state index in [1.54, 1.807) is 6.92 Å². The molecule has 0 radical (unpaired) electrons. The zero-order valence-corrected chi connectivity index (χ0v) is 11.1. The van der Waals surface area contributed by atoms with E-state index in [0.717, 1.165) is 24.0 Å². The van der Waals surface area contributed by atoms with E-state index in [1.807, 2.05) is 18.2 Å². The minimum absolute atomic E-state index is 0.274. The molecule has 0 saturated heterocycles. The van der Waals surface area contributed by atoms with Gasteiger partial charge in [-0.25, -0.2) is 4.79 Å². The molecule has 19 heavy (non-hydrogen) atoms. The number of carbonyl (C=O) groups is 1. The maximum atomic E-state index is 12.1. The highest BCUT2D eigenvalue weighted by Crippen LogP contribution is 2.35. The molecule has 0 unspecified atom stereocenters. The highest BCUT2D eigenvalue weighted by Gasteiger charge is 2.23. The summed E-state index contributed by atoms with van der Waals surface area (Å²) in [6.45, 7) is 2.16. The Morgan fingerprint density at radius 2 is 2.16 bits per heavy atom. The minimum atomic E-state index is -0.274. The number of hydrogen-bond acceptors (Lipinski definition) is 3. The van der Waals surface area contributed by atoms with Crippen LogP contribution >= 0.6 is 0 Å². The van der Waals surface area contributed by atoms with Crippen LogP contribution in [0.1, 0.15) is 37.3 Å². The van der Waals surface area contributed by atoms with Crippen LogP contribution in [0.25, 0.3) is 5.57 Å². The van der Waals surface area contributed by atoms with Crippen LogP contribution in [0.15, 0.2) is 29.8 Å². The molecule has 3 heteroatoms. The molecule has 0 N–H and O–H groups in total. The number of carbonyl (C=O) groups excluding carboxylic acids is 1. The van der Waals surface area contributed by atoms with E-state index < -0.39 is 0 Å². The number of ether oxygens (including phenoxy) is 1. The number of hydrogen-bond donors (Lipinski definition) is 0. The number of esters is 1. The van der Waals surface area contributed by atoms with E-state index in [2.05, 4.69) is 12.1 Å². The van der Waals surface area contributed by atoms with E-state index in [1.165, 1.54) is 5.56 Å². The molecule has 1 aliphatic rings. The van der Waals surface area contributed by atoms with E-state index in [9.17, 15) is 4.79 Å². The first-order valence-electron chi connectivity index (χ1n) is 6.62. The number of nitriles is 1. The molecule has 3 nitrogen and oxygen atoms in total. The van der Waals surface area contributed by atoms with Gasteiger partial charge in [-0.05, 0) is 42.9 Å². The monoisotopic (exact) mass is 255 g/mol. The lowest BCUT2D eigenvalue weighted by Crippen LogP contribution is -2.09. The van der Waals surface area contributed by atoms with Gasteiger partial charge in [0.15, 0.2) is 0 Å². The Balaban J connectivity index is 2.39. The third-order valence-electron chi connectivity index (χ3n) is 3.36. The predicted molar refractivity (Wildman–Crippen MR) is 73.2 cm³/mol. The van der Waals surface area contributed by atoms with Crippen molar-refractivity contribution in [3.8, 4) is 6.07 Å². The smallest absolute Gasteiger partial charge is 0.334 e. The topological polar surface area (TPSA) is 50.1 Å². The molecule has 1 aliphatic carbocycles. The summed E-state index contributed by atoms with van der Waals surface area (Å²) in [5, 5.41) is 8.74. The van der Waals surface area contributed by atoms with Crippen LogP contribution in [0.2, 0.25) is 0 Å². The first kappa shape index (κ1) is 13.4. The molecule has 0 spiro atoms. The zero-order valence-electron chi connectivity index (χ0n) is 11.1. The molecule has 0 fully saturated rings. The summed E-state index contributed by atoms with van der Waals surface area (Å²) in [6.07, 6.45) is 2.64. The van der Waals surface area contributed by atoms with Crippen molar-refractivity contribution in [3.63, 3.8) is 0 Å². The number of fused-ring (bicyclic) bond motifs is 1. The molecule has 1 aromatic carbocycles. The fraction of sp³-hybridized carbons (Fsp3) is 0.375. The van der Waals surface area contributed by atoms with Crippen molar-refractivity contribution in [1.82, 2.24) is 0 Å². The number of benzene rings is 1. The van der Waals surface area contributed by atoms with Crippen LogP contribution < -0.4 is 0 Å². The summed E-state index contributed by atoms with van der Waals surface area (Å²) in [5.41, 5.74) is 4.15. The van der Waals surface area contributed by atoms with E-state index >= 15 is 0 Å². The van der Waals surface area contributed by atoms with Crippen molar-refractivity contribution < 1.29 is 9.53 Å². The molecule has 0 saturated carbocycles. The second-order valence-corrected chi connectivity index (χ2v) is 4.49. The summed E-state index contributed by atoms with van der Waals surface area (Å²) < 4.78 is 5.12. The lowest BCUT2D eigenvalue weighted by Gasteiger charge is -2.10. The van der Waals surface area contributed by atoms with Crippen molar-refractivity contribution in [2.45, 2.75) is 32.6 Å². The van der Waals surface area contributed by atoms with E-state index in [4.69, 9.17) is 10.00 Å². The number of allylic oxidation sites excluding steroid dienone is 1. The maximum Gasteiger partial charge on any atom is 0.334 e. The normalized spacial score (nSPS) is 15.6. The number of aryl methyl sites for hydroxylation is 1. The summed E-state index contributed by atoms with van der Waals surface area (Å²) in [7, 11) is 0. The standard InChI is InChI=1S/C16H17NO2/c1-2-19-16(18)15(8-5-11-17)14-10-9-12-6-3-4-7-13(12)14/h3-4,6-7H,2,5,8-10H2,1H3/b15-14-. The fourth-order valence-electron chi connectivity index (χ4n) is 2.52. The summed E-state index contributed by atoms with van der Waals surface area (Å²) >= 11 is 0. The average Bonchev–Trinajstić information content (AvgIpc) is 2.84. The summed E-state index contributed by atoms with van der Waals surface area (Å²) in [5.74, 6) is -0.274. The van der Waals surface area contributed by atoms with Gasteiger partial charge >= 0.3 is 5.97 Å². The second-order valence-electron chi connectivity index (χ2n) is 4.49. The van der Waals surface area contributed by atoms with Crippen molar-refractivity contribution in [1.29, 1.82) is 5.26 Å². The predicted octanol–water partition coefficient (Wildman–Crippen LogP) is 3.25. The zero-order chi connectivity index (χ0) is 13.7. The Labute approximate surface area is 113 Å². The van der Waals surface area contributed by atoms with Gasteiger partial charge in [-0.2, -0.15) is 5.26 Å². The van der Waals surface area contributed by atoms with Gasteiger partial charge in [-0.1, -0.05) is 24.3 Å². The molecule has 98 valence electrons. The molecular formula is C16H17NO2. The number of rotatable bonds is 4. The molecule has 1 aromatic rings. The second kappa shape index (κ2) is 6.19. The first-order chi connectivity index (χ1) is 9.27. The molecule has 0 bridgehead atoms. The van der Waals surface area contributed by atoms with Gasteiger partial charge in [0, 0.05) is 12.0 Å². The van der Waals surface area contributed by atoms with Crippen LogP contribution in [0.4, 0.5) is 0 Å². The van der Waals surface area contributed by atoms with Gasteiger partial charge in [0.1, 0.15) is 0 Å². The van der Waals surface area contributed by atoms with Gasteiger partial charge in [0.05, 0.1) is 12.7 Å². The van der Waals surface area contributed by atoms with Gasteiger partial charge in [0.2, 0.25) is 0 Å². The van der Waals surface area contributed by atoms with Crippen LogP contribution in [0.5, 0.6) is 0 Å². The minimum Gasteiger partial charge on any atom is -0.463 e. The van der Waals surface area contributed by atoms with Gasteiger partial charge in [-0.15, -0.1) is 0 Å². The van der Waals surface area contributed by atoms with Crippen molar-refractivity contribution >= 4 is 11.5 Å². The Bertz CT molecular complexity index is 552. The summed E-state index contributed by atoms with van der Waals surface area (Å²) in [4.78, 5) is 12.1. The van der Waals surface area contributed by atoms with Gasteiger partial charge in [-0.3, -0.25) is 0 Å². The lowest BCUT2D eigenvalue weighted by molar-refractivity contribution is -0.138. The lowest BCUT2D eigenvalue weighted by atomic mass is 9.98. The Morgan fingerprint density at radius 1 is 1.37 bits per heavy atom. The first-order valence-corrected chi connectivity index (χ1v) is 6.62. The van der Waals surface area contributed by atoms with Crippen LogP contribution in [-0.2, 0) is 16.0 Å². The Hall–Kier alpha value is -2.08. The van der Waals surface area contributed by atoms with E-state index in [-0.39, 0.29) is 5.97 Å².